The maximum absolute atomic E-state index is 4.72. The van der Waals surface area contributed by atoms with Gasteiger partial charge in [0.05, 0.1) is 0 Å². The van der Waals surface area contributed by atoms with Crippen LogP contribution < -0.4 is 10.2 Å². The minimum Gasteiger partial charge on any atom is -0.338 e. The molecule has 0 aromatic carbocycles. The van der Waals surface area contributed by atoms with E-state index in [1.54, 1.807) is 0 Å². The molecule has 2 fully saturated rings. The zero-order chi connectivity index (χ0) is 14.8. The molecule has 0 spiro atoms. The zero-order valence-electron chi connectivity index (χ0n) is 13.5. The van der Waals surface area contributed by atoms with E-state index in [2.05, 4.69) is 40.9 Å². The van der Waals surface area contributed by atoms with Crippen LogP contribution in [0.2, 0.25) is 0 Å². The van der Waals surface area contributed by atoms with Crippen LogP contribution in [-0.4, -0.2) is 53.1 Å². The van der Waals surface area contributed by atoms with Crippen LogP contribution in [-0.2, 0) is 6.54 Å². The van der Waals surface area contributed by atoms with E-state index in [1.165, 1.54) is 18.4 Å². The van der Waals surface area contributed by atoms with Crippen LogP contribution in [0.15, 0.2) is 6.20 Å². The van der Waals surface area contributed by atoms with Gasteiger partial charge in [0.25, 0.3) is 0 Å². The van der Waals surface area contributed by atoms with Gasteiger partial charge in [-0.1, -0.05) is 0 Å². The molecule has 1 aliphatic heterocycles. The largest absolute Gasteiger partial charge is 0.338 e. The summed E-state index contributed by atoms with van der Waals surface area (Å²) in [6, 6.07) is 1.36. The summed E-state index contributed by atoms with van der Waals surface area (Å²) in [6.07, 6.45) is 4.64. The van der Waals surface area contributed by atoms with Crippen molar-refractivity contribution >= 4 is 5.95 Å². The van der Waals surface area contributed by atoms with Crippen molar-refractivity contribution in [1.82, 2.24) is 20.2 Å². The Kier molecular flexibility index (Phi) is 4.40. The molecular weight excluding hydrogens is 262 g/mol. The van der Waals surface area contributed by atoms with Gasteiger partial charge in [0, 0.05) is 62.3 Å². The average Bonchev–Trinajstić information content (AvgIpc) is 3.30. The number of hydrogen-bond acceptors (Lipinski definition) is 5. The summed E-state index contributed by atoms with van der Waals surface area (Å²) in [5.41, 5.74) is 2.34. The second-order valence-electron chi connectivity index (χ2n) is 6.55. The molecule has 116 valence electrons. The number of hydrogen-bond donors (Lipinski definition) is 1. The minimum absolute atomic E-state index is 0.630. The number of rotatable bonds is 5. The first-order valence-electron chi connectivity index (χ1n) is 8.18. The summed E-state index contributed by atoms with van der Waals surface area (Å²) in [6.45, 7) is 11.8. The number of nitrogens with zero attached hydrogens (tertiary/aromatic N) is 4. The molecule has 0 atom stereocenters. The normalized spacial score (nSPS) is 20.3. The predicted molar refractivity (Wildman–Crippen MR) is 85.6 cm³/mol. The highest BCUT2D eigenvalue weighted by Crippen LogP contribution is 2.20. The fraction of sp³-hybridized carbons (Fsp3) is 0.750. The van der Waals surface area contributed by atoms with Gasteiger partial charge in [-0.2, -0.15) is 0 Å². The summed E-state index contributed by atoms with van der Waals surface area (Å²) in [4.78, 5) is 14.1. The molecule has 5 nitrogen and oxygen atoms in total. The van der Waals surface area contributed by atoms with Crippen molar-refractivity contribution in [2.75, 3.05) is 31.1 Å². The molecule has 0 radical (unpaired) electrons. The van der Waals surface area contributed by atoms with Crippen molar-refractivity contribution in [2.45, 2.75) is 52.2 Å². The maximum atomic E-state index is 4.72. The second-order valence-corrected chi connectivity index (χ2v) is 6.55. The molecule has 1 saturated carbocycles. The highest BCUT2D eigenvalue weighted by Gasteiger charge is 2.22. The number of aryl methyl sites for hydroxylation is 1. The van der Waals surface area contributed by atoms with Gasteiger partial charge in [-0.3, -0.25) is 4.90 Å². The maximum Gasteiger partial charge on any atom is 0.225 e. The van der Waals surface area contributed by atoms with Crippen molar-refractivity contribution in [3.8, 4) is 0 Å². The lowest BCUT2D eigenvalue weighted by molar-refractivity contribution is 0.208. The topological polar surface area (TPSA) is 44.3 Å². The predicted octanol–water partition coefficient (Wildman–Crippen LogP) is 1.57. The summed E-state index contributed by atoms with van der Waals surface area (Å²) in [5.74, 6) is 0.895. The first kappa shape index (κ1) is 14.7. The van der Waals surface area contributed by atoms with Crippen LogP contribution >= 0.6 is 0 Å². The molecule has 3 rings (SSSR count). The zero-order valence-corrected chi connectivity index (χ0v) is 13.5. The Morgan fingerprint density at radius 2 is 1.95 bits per heavy atom. The molecule has 5 heteroatoms. The van der Waals surface area contributed by atoms with Crippen molar-refractivity contribution in [2.24, 2.45) is 0 Å². The van der Waals surface area contributed by atoms with Gasteiger partial charge in [-0.15, -0.1) is 0 Å². The van der Waals surface area contributed by atoms with E-state index < -0.39 is 0 Å². The van der Waals surface area contributed by atoms with Gasteiger partial charge < -0.3 is 10.2 Å². The Labute approximate surface area is 127 Å². The Morgan fingerprint density at radius 1 is 1.24 bits per heavy atom. The van der Waals surface area contributed by atoms with Crippen molar-refractivity contribution in [3.63, 3.8) is 0 Å². The third-order valence-corrected chi connectivity index (χ3v) is 4.55. The van der Waals surface area contributed by atoms with Crippen LogP contribution in [0.25, 0.3) is 0 Å². The van der Waals surface area contributed by atoms with E-state index >= 15 is 0 Å². The molecule has 1 aliphatic carbocycles. The smallest absolute Gasteiger partial charge is 0.225 e. The summed E-state index contributed by atoms with van der Waals surface area (Å²) in [5, 5.41) is 3.53. The quantitative estimate of drug-likeness (QED) is 0.891. The van der Waals surface area contributed by atoms with Crippen LogP contribution in [0.4, 0.5) is 5.95 Å². The van der Waals surface area contributed by atoms with E-state index in [9.17, 15) is 0 Å². The molecule has 1 aromatic rings. The summed E-state index contributed by atoms with van der Waals surface area (Å²) >= 11 is 0. The fourth-order valence-corrected chi connectivity index (χ4v) is 2.79. The van der Waals surface area contributed by atoms with E-state index in [1.807, 2.05) is 6.20 Å². The monoisotopic (exact) mass is 289 g/mol. The van der Waals surface area contributed by atoms with Crippen molar-refractivity contribution in [1.29, 1.82) is 0 Å². The lowest BCUT2D eigenvalue weighted by atomic mass is 10.2. The van der Waals surface area contributed by atoms with Crippen molar-refractivity contribution in [3.05, 3.63) is 17.5 Å². The van der Waals surface area contributed by atoms with Gasteiger partial charge >= 0.3 is 0 Å². The number of nitrogens with one attached hydrogen (secondary N) is 1. The first-order chi connectivity index (χ1) is 10.1. The second kappa shape index (κ2) is 6.28. The molecular formula is C16H27N5. The molecule has 1 N–H and O–H groups in total. The molecule has 2 heterocycles. The third kappa shape index (κ3) is 3.71. The number of aromatic nitrogens is 2. The average molecular weight is 289 g/mol. The Hall–Kier alpha value is -1.20. The van der Waals surface area contributed by atoms with E-state index in [-0.39, 0.29) is 0 Å². The highest BCUT2D eigenvalue weighted by molar-refractivity contribution is 5.33. The number of anilines is 1. The molecule has 0 unspecified atom stereocenters. The van der Waals surface area contributed by atoms with Gasteiger partial charge in [0.1, 0.15) is 0 Å². The molecule has 1 aromatic heterocycles. The van der Waals surface area contributed by atoms with Gasteiger partial charge in [-0.05, 0) is 33.6 Å². The standard InChI is InChI=1S/C16H27N5/c1-12(2)20-6-8-21(9-7-20)16-18-11-14(13(3)19-16)10-17-15-4-5-15/h11-12,15,17H,4-10H2,1-3H3. The first-order valence-corrected chi connectivity index (χ1v) is 8.18. The molecule has 21 heavy (non-hydrogen) atoms. The Morgan fingerprint density at radius 3 is 2.52 bits per heavy atom. The number of piperazine rings is 1. The molecule has 0 bridgehead atoms. The lowest BCUT2D eigenvalue weighted by Gasteiger charge is -2.37. The van der Waals surface area contributed by atoms with Crippen LogP contribution in [0.3, 0.4) is 0 Å². The van der Waals surface area contributed by atoms with E-state index in [0.717, 1.165) is 50.4 Å². The van der Waals surface area contributed by atoms with Gasteiger partial charge in [0.15, 0.2) is 0 Å². The fourth-order valence-electron chi connectivity index (χ4n) is 2.79. The SMILES string of the molecule is Cc1nc(N2CCN(C(C)C)CC2)ncc1CNC1CC1. The van der Waals surface area contributed by atoms with Crippen LogP contribution in [0.1, 0.15) is 37.9 Å². The Bertz CT molecular complexity index is 476. The molecule has 1 saturated heterocycles. The molecule has 2 aliphatic rings. The van der Waals surface area contributed by atoms with E-state index in [0.29, 0.717) is 6.04 Å². The summed E-state index contributed by atoms with van der Waals surface area (Å²) in [7, 11) is 0. The highest BCUT2D eigenvalue weighted by atomic mass is 15.3. The lowest BCUT2D eigenvalue weighted by Crippen LogP contribution is -2.49. The van der Waals surface area contributed by atoms with Crippen LogP contribution in [0, 0.1) is 6.92 Å². The van der Waals surface area contributed by atoms with Gasteiger partial charge in [0.2, 0.25) is 5.95 Å². The van der Waals surface area contributed by atoms with Crippen molar-refractivity contribution < 1.29 is 0 Å². The van der Waals surface area contributed by atoms with E-state index in [4.69, 9.17) is 4.98 Å². The summed E-state index contributed by atoms with van der Waals surface area (Å²) < 4.78 is 0. The minimum atomic E-state index is 0.630. The third-order valence-electron chi connectivity index (χ3n) is 4.55. The van der Waals surface area contributed by atoms with Gasteiger partial charge in [-0.25, -0.2) is 9.97 Å². The molecule has 0 amide bonds. The van der Waals surface area contributed by atoms with Crippen LogP contribution in [0.5, 0.6) is 0 Å². The Balaban J connectivity index is 1.59.